The van der Waals surface area contributed by atoms with Crippen LogP contribution in [0.25, 0.3) is 11.0 Å². The maximum atomic E-state index is 11.5. The van der Waals surface area contributed by atoms with Crippen LogP contribution in [0.2, 0.25) is 0 Å². The van der Waals surface area contributed by atoms with Gasteiger partial charge in [0.05, 0.1) is 7.11 Å². The SMILES string of the molecule is COc1cc2ccc(=O)oc2c(OC(C)=O)c1OCC=C(C)C. The Hall–Kier alpha value is -2.76. The van der Waals surface area contributed by atoms with Crippen molar-refractivity contribution in [3.63, 3.8) is 0 Å². The third kappa shape index (κ3) is 3.91. The van der Waals surface area contributed by atoms with Gasteiger partial charge >= 0.3 is 11.6 Å². The maximum Gasteiger partial charge on any atom is 0.336 e. The van der Waals surface area contributed by atoms with Crippen LogP contribution in [0, 0.1) is 0 Å². The Morgan fingerprint density at radius 1 is 1.22 bits per heavy atom. The molecule has 23 heavy (non-hydrogen) atoms. The Balaban J connectivity index is 2.66. The van der Waals surface area contributed by atoms with Gasteiger partial charge in [-0.1, -0.05) is 5.57 Å². The first-order valence-electron chi connectivity index (χ1n) is 7.01. The van der Waals surface area contributed by atoms with E-state index in [-0.39, 0.29) is 23.7 Å². The minimum Gasteiger partial charge on any atom is -0.493 e. The molecular weight excluding hydrogens is 300 g/mol. The Morgan fingerprint density at radius 2 is 1.96 bits per heavy atom. The van der Waals surface area contributed by atoms with E-state index in [1.165, 1.54) is 20.1 Å². The van der Waals surface area contributed by atoms with Crippen LogP contribution in [0.5, 0.6) is 17.2 Å². The quantitative estimate of drug-likeness (QED) is 0.365. The summed E-state index contributed by atoms with van der Waals surface area (Å²) >= 11 is 0. The normalized spacial score (nSPS) is 10.3. The molecule has 0 unspecified atom stereocenters. The van der Waals surface area contributed by atoms with E-state index in [9.17, 15) is 9.59 Å². The second-order valence-corrected chi connectivity index (χ2v) is 5.10. The van der Waals surface area contributed by atoms with Crippen molar-refractivity contribution < 1.29 is 23.4 Å². The average Bonchev–Trinajstić information content (AvgIpc) is 2.48. The van der Waals surface area contributed by atoms with Crippen molar-refractivity contribution in [1.29, 1.82) is 0 Å². The van der Waals surface area contributed by atoms with Crippen molar-refractivity contribution in [2.75, 3.05) is 13.7 Å². The summed E-state index contributed by atoms with van der Waals surface area (Å²) < 4.78 is 21.4. The fourth-order valence-corrected chi connectivity index (χ4v) is 1.96. The number of carbonyl (C=O) groups excluding carboxylic acids is 1. The highest BCUT2D eigenvalue weighted by Gasteiger charge is 2.21. The molecule has 1 heterocycles. The van der Waals surface area contributed by atoms with Crippen molar-refractivity contribution in [2.45, 2.75) is 20.8 Å². The van der Waals surface area contributed by atoms with E-state index in [1.54, 1.807) is 12.1 Å². The first-order chi connectivity index (χ1) is 10.9. The highest BCUT2D eigenvalue weighted by Crippen LogP contribution is 2.43. The second-order valence-electron chi connectivity index (χ2n) is 5.10. The summed E-state index contributed by atoms with van der Waals surface area (Å²) in [4.78, 5) is 22.9. The number of methoxy groups -OCH3 is 1. The number of allylic oxidation sites excluding steroid dienone is 1. The lowest BCUT2D eigenvalue weighted by Gasteiger charge is -2.15. The number of esters is 1. The molecule has 1 aromatic carbocycles. The lowest BCUT2D eigenvalue weighted by molar-refractivity contribution is -0.131. The van der Waals surface area contributed by atoms with E-state index in [0.29, 0.717) is 11.1 Å². The van der Waals surface area contributed by atoms with Crippen LogP contribution in [0.4, 0.5) is 0 Å². The van der Waals surface area contributed by atoms with E-state index < -0.39 is 11.6 Å². The van der Waals surface area contributed by atoms with Gasteiger partial charge in [-0.15, -0.1) is 0 Å². The molecule has 6 nitrogen and oxygen atoms in total. The van der Waals surface area contributed by atoms with Gasteiger partial charge in [-0.05, 0) is 32.1 Å². The van der Waals surface area contributed by atoms with E-state index in [0.717, 1.165) is 5.57 Å². The van der Waals surface area contributed by atoms with E-state index in [1.807, 2.05) is 19.9 Å². The van der Waals surface area contributed by atoms with E-state index in [2.05, 4.69) is 0 Å². The van der Waals surface area contributed by atoms with E-state index in [4.69, 9.17) is 18.6 Å². The molecule has 2 aromatic rings. The Morgan fingerprint density at radius 3 is 2.57 bits per heavy atom. The van der Waals surface area contributed by atoms with Gasteiger partial charge in [0.1, 0.15) is 6.61 Å². The van der Waals surface area contributed by atoms with Crippen LogP contribution in [-0.2, 0) is 4.79 Å². The van der Waals surface area contributed by atoms with E-state index >= 15 is 0 Å². The van der Waals surface area contributed by atoms with Crippen molar-refractivity contribution in [3.05, 3.63) is 40.3 Å². The smallest absolute Gasteiger partial charge is 0.336 e. The first kappa shape index (κ1) is 16.6. The van der Waals surface area contributed by atoms with Crippen LogP contribution in [-0.4, -0.2) is 19.7 Å². The molecule has 1 aromatic heterocycles. The zero-order valence-electron chi connectivity index (χ0n) is 13.5. The van der Waals surface area contributed by atoms with Crippen LogP contribution in [0.15, 0.2) is 39.1 Å². The molecule has 0 aliphatic carbocycles. The van der Waals surface area contributed by atoms with Crippen molar-refractivity contribution in [3.8, 4) is 17.2 Å². The molecule has 0 aliphatic heterocycles. The van der Waals surface area contributed by atoms with Gasteiger partial charge in [-0.25, -0.2) is 4.79 Å². The highest BCUT2D eigenvalue weighted by atomic mass is 16.6. The minimum absolute atomic E-state index is 0.0340. The molecule has 0 aliphatic rings. The number of hydrogen-bond acceptors (Lipinski definition) is 6. The second kappa shape index (κ2) is 7.00. The Bertz CT molecular complexity index is 812. The Kier molecular flexibility index (Phi) is 5.05. The van der Waals surface area contributed by atoms with Gasteiger partial charge in [0.25, 0.3) is 0 Å². The first-order valence-corrected chi connectivity index (χ1v) is 7.01. The summed E-state index contributed by atoms with van der Waals surface area (Å²) in [6.07, 6.45) is 1.86. The molecule has 0 fully saturated rings. The molecule has 6 heteroatoms. The molecule has 0 bridgehead atoms. The van der Waals surface area contributed by atoms with Gasteiger partial charge in [0.2, 0.25) is 11.5 Å². The molecule has 0 saturated heterocycles. The molecule has 122 valence electrons. The largest absolute Gasteiger partial charge is 0.493 e. The summed E-state index contributed by atoms with van der Waals surface area (Å²) in [5.41, 5.74) is 0.664. The summed E-state index contributed by atoms with van der Waals surface area (Å²) in [7, 11) is 1.48. The average molecular weight is 318 g/mol. The van der Waals surface area contributed by atoms with Crippen molar-refractivity contribution in [1.82, 2.24) is 0 Å². The number of fused-ring (bicyclic) bond motifs is 1. The van der Waals surface area contributed by atoms with Gasteiger partial charge in [0, 0.05) is 18.4 Å². The van der Waals surface area contributed by atoms with Gasteiger partial charge in [-0.3, -0.25) is 4.79 Å². The lowest BCUT2D eigenvalue weighted by Crippen LogP contribution is -2.07. The van der Waals surface area contributed by atoms with Gasteiger partial charge < -0.3 is 18.6 Å². The molecule has 0 spiro atoms. The fraction of sp³-hybridized carbons (Fsp3) is 0.294. The molecule has 0 radical (unpaired) electrons. The topological polar surface area (TPSA) is 75.0 Å². The van der Waals surface area contributed by atoms with Gasteiger partial charge in [0.15, 0.2) is 11.3 Å². The molecule has 0 amide bonds. The molecule has 0 saturated carbocycles. The zero-order valence-corrected chi connectivity index (χ0v) is 13.5. The number of hydrogen-bond donors (Lipinski definition) is 0. The number of carbonyl (C=O) groups is 1. The van der Waals surface area contributed by atoms with Gasteiger partial charge in [-0.2, -0.15) is 0 Å². The van der Waals surface area contributed by atoms with Crippen LogP contribution >= 0.6 is 0 Å². The minimum atomic E-state index is -0.557. The molecule has 2 rings (SSSR count). The fourth-order valence-electron chi connectivity index (χ4n) is 1.96. The Labute approximate surface area is 133 Å². The standard InChI is InChI=1S/C17H18O6/c1-10(2)7-8-21-16-13(20-4)9-12-5-6-14(19)23-15(12)17(16)22-11(3)18/h5-7,9H,8H2,1-4H3. The summed E-state index contributed by atoms with van der Waals surface area (Å²) in [5, 5.41) is 0.562. The number of ether oxygens (including phenoxy) is 3. The van der Waals surface area contributed by atoms with Crippen LogP contribution in [0.3, 0.4) is 0 Å². The summed E-state index contributed by atoms with van der Waals surface area (Å²) in [5.74, 6) is 0.0663. The highest BCUT2D eigenvalue weighted by molar-refractivity contribution is 5.90. The maximum absolute atomic E-state index is 11.5. The van der Waals surface area contributed by atoms with Crippen molar-refractivity contribution >= 4 is 16.9 Å². The number of rotatable bonds is 5. The monoisotopic (exact) mass is 318 g/mol. The predicted octanol–water partition coefficient (Wildman–Crippen LogP) is 3.07. The predicted molar refractivity (Wildman–Crippen MR) is 85.3 cm³/mol. The number of benzene rings is 1. The molecule has 0 atom stereocenters. The van der Waals surface area contributed by atoms with Crippen LogP contribution in [0.1, 0.15) is 20.8 Å². The zero-order chi connectivity index (χ0) is 17.0. The lowest BCUT2D eigenvalue weighted by atomic mass is 10.2. The van der Waals surface area contributed by atoms with Crippen molar-refractivity contribution in [2.24, 2.45) is 0 Å². The van der Waals surface area contributed by atoms with Crippen LogP contribution < -0.4 is 19.8 Å². The third-order valence-corrected chi connectivity index (χ3v) is 2.97. The molecule has 0 N–H and O–H groups in total. The third-order valence-electron chi connectivity index (χ3n) is 2.97. The summed E-state index contributed by atoms with van der Waals surface area (Å²) in [6, 6.07) is 4.50. The molecular formula is C17H18O6. The summed E-state index contributed by atoms with van der Waals surface area (Å²) in [6.45, 7) is 5.39.